The number of nitrogens with one attached hydrogen (secondary N) is 1. The minimum Gasteiger partial charge on any atom is -0.454 e. The second-order valence-corrected chi connectivity index (χ2v) is 8.46. The van der Waals surface area contributed by atoms with Crippen molar-refractivity contribution in [3.05, 3.63) is 23.8 Å². The van der Waals surface area contributed by atoms with Crippen LogP contribution in [0.15, 0.2) is 18.2 Å². The van der Waals surface area contributed by atoms with Crippen LogP contribution in [0.4, 0.5) is 0 Å². The van der Waals surface area contributed by atoms with Crippen LogP contribution in [0.25, 0.3) is 0 Å². The fourth-order valence-corrected chi connectivity index (χ4v) is 3.89. The van der Waals surface area contributed by atoms with Crippen LogP contribution in [0.1, 0.15) is 10.4 Å². The molecule has 2 aliphatic rings. The third-order valence-corrected chi connectivity index (χ3v) is 6.35. The summed E-state index contributed by atoms with van der Waals surface area (Å²) in [6.45, 7) is 0.977. The average Bonchev–Trinajstić information content (AvgIpc) is 3.13. The molecule has 1 aromatic rings. The van der Waals surface area contributed by atoms with Gasteiger partial charge in [-0.2, -0.15) is 17.0 Å². The molecule has 0 bridgehead atoms. The van der Waals surface area contributed by atoms with Crippen molar-refractivity contribution in [1.82, 2.24) is 18.8 Å². The van der Waals surface area contributed by atoms with Gasteiger partial charge in [0, 0.05) is 45.8 Å². The second-order valence-electron chi connectivity index (χ2n) is 6.32. The van der Waals surface area contributed by atoms with Gasteiger partial charge in [0.15, 0.2) is 11.5 Å². The number of piperazine rings is 1. The first-order valence-corrected chi connectivity index (χ1v) is 9.82. The van der Waals surface area contributed by atoms with Crippen molar-refractivity contribution in [2.45, 2.75) is 0 Å². The molecule has 2 amide bonds. The standard InChI is InChI=1S/C16H22N4O6S/c1-18(2)27(23,24)20-7-5-19(6-8-20)15(21)10-17-16(22)12-3-4-13-14(9-12)26-11-25-13/h3-4,9H,5-8,10-11H2,1-2H3,(H,17,22). The van der Waals surface area contributed by atoms with E-state index < -0.39 is 16.1 Å². The minimum absolute atomic E-state index is 0.119. The van der Waals surface area contributed by atoms with Crippen molar-refractivity contribution in [3.63, 3.8) is 0 Å². The van der Waals surface area contributed by atoms with E-state index in [1.165, 1.54) is 18.4 Å². The van der Waals surface area contributed by atoms with Gasteiger partial charge in [0.1, 0.15) is 0 Å². The van der Waals surface area contributed by atoms with Crippen molar-refractivity contribution < 1.29 is 27.5 Å². The van der Waals surface area contributed by atoms with Gasteiger partial charge in [-0.1, -0.05) is 0 Å². The number of rotatable bonds is 5. The maximum absolute atomic E-state index is 12.3. The number of carbonyl (C=O) groups is 2. The van der Waals surface area contributed by atoms with Crippen LogP contribution in [0.5, 0.6) is 11.5 Å². The van der Waals surface area contributed by atoms with E-state index in [0.29, 0.717) is 17.1 Å². The number of fused-ring (bicyclic) bond motifs is 1. The van der Waals surface area contributed by atoms with Crippen molar-refractivity contribution in [2.75, 3.05) is 53.6 Å². The van der Waals surface area contributed by atoms with E-state index in [9.17, 15) is 18.0 Å². The molecule has 1 N–H and O–H groups in total. The number of amides is 2. The first kappa shape index (κ1) is 19.4. The lowest BCUT2D eigenvalue weighted by Crippen LogP contribution is -2.54. The molecular weight excluding hydrogens is 376 g/mol. The summed E-state index contributed by atoms with van der Waals surface area (Å²) in [5, 5.41) is 2.58. The molecule has 1 fully saturated rings. The quantitative estimate of drug-likeness (QED) is 0.688. The molecule has 148 valence electrons. The fourth-order valence-electron chi connectivity index (χ4n) is 2.81. The maximum atomic E-state index is 12.3. The number of hydrogen-bond acceptors (Lipinski definition) is 6. The van der Waals surface area contributed by atoms with Gasteiger partial charge in [-0.05, 0) is 18.2 Å². The van der Waals surface area contributed by atoms with Gasteiger partial charge >= 0.3 is 0 Å². The molecule has 0 radical (unpaired) electrons. The van der Waals surface area contributed by atoms with Gasteiger partial charge in [0.25, 0.3) is 16.1 Å². The Hall–Kier alpha value is -2.37. The van der Waals surface area contributed by atoms with Gasteiger partial charge in [0.05, 0.1) is 6.54 Å². The van der Waals surface area contributed by atoms with Crippen LogP contribution in [0, 0.1) is 0 Å². The molecule has 2 aliphatic heterocycles. The summed E-state index contributed by atoms with van der Waals surface area (Å²) < 4.78 is 37.1. The summed E-state index contributed by atoms with van der Waals surface area (Å²) >= 11 is 0. The van der Waals surface area contributed by atoms with E-state index in [4.69, 9.17) is 9.47 Å². The molecule has 0 aromatic heterocycles. The average molecular weight is 398 g/mol. The van der Waals surface area contributed by atoms with Crippen LogP contribution >= 0.6 is 0 Å². The first-order chi connectivity index (χ1) is 12.8. The molecular formula is C16H22N4O6S. The largest absolute Gasteiger partial charge is 0.454 e. The zero-order valence-corrected chi connectivity index (χ0v) is 16.0. The minimum atomic E-state index is -3.48. The zero-order chi connectivity index (χ0) is 19.6. The van der Waals surface area contributed by atoms with Crippen molar-refractivity contribution >= 4 is 22.0 Å². The summed E-state index contributed by atoms with van der Waals surface area (Å²) in [6, 6.07) is 4.80. The lowest BCUT2D eigenvalue weighted by molar-refractivity contribution is -0.131. The molecule has 0 atom stereocenters. The highest BCUT2D eigenvalue weighted by atomic mass is 32.2. The van der Waals surface area contributed by atoms with Gasteiger partial charge < -0.3 is 19.7 Å². The molecule has 1 aromatic carbocycles. The van der Waals surface area contributed by atoms with Crippen LogP contribution in [-0.4, -0.2) is 87.4 Å². The Kier molecular flexibility index (Phi) is 5.53. The predicted octanol–water partition coefficient (Wildman–Crippen LogP) is -0.904. The molecule has 11 heteroatoms. The van der Waals surface area contributed by atoms with E-state index in [1.54, 1.807) is 23.1 Å². The summed E-state index contributed by atoms with van der Waals surface area (Å²) in [5.41, 5.74) is 0.369. The highest BCUT2D eigenvalue weighted by molar-refractivity contribution is 7.86. The number of nitrogens with zero attached hydrogens (tertiary/aromatic N) is 3. The Morgan fingerprint density at radius 1 is 1.11 bits per heavy atom. The smallest absolute Gasteiger partial charge is 0.281 e. The van der Waals surface area contributed by atoms with Gasteiger partial charge in [-0.15, -0.1) is 0 Å². The lowest BCUT2D eigenvalue weighted by Gasteiger charge is -2.35. The van der Waals surface area contributed by atoms with Gasteiger partial charge in [-0.3, -0.25) is 9.59 Å². The maximum Gasteiger partial charge on any atom is 0.281 e. The molecule has 0 spiro atoms. The topological polar surface area (TPSA) is 108 Å². The van der Waals surface area contributed by atoms with Crippen LogP contribution < -0.4 is 14.8 Å². The number of hydrogen-bond donors (Lipinski definition) is 1. The summed E-state index contributed by atoms with van der Waals surface area (Å²) in [5.74, 6) is 0.418. The first-order valence-electron chi connectivity index (χ1n) is 8.42. The lowest BCUT2D eigenvalue weighted by atomic mass is 10.2. The second kappa shape index (κ2) is 7.71. The van der Waals surface area contributed by atoms with Crippen molar-refractivity contribution in [3.8, 4) is 11.5 Å². The number of ether oxygens (including phenoxy) is 2. The van der Waals surface area contributed by atoms with E-state index in [2.05, 4.69) is 5.32 Å². The molecule has 10 nitrogen and oxygen atoms in total. The van der Waals surface area contributed by atoms with Crippen LogP contribution in [0.2, 0.25) is 0 Å². The Morgan fingerprint density at radius 2 is 1.78 bits per heavy atom. The zero-order valence-electron chi connectivity index (χ0n) is 15.2. The monoisotopic (exact) mass is 398 g/mol. The molecule has 2 heterocycles. The third-order valence-electron chi connectivity index (χ3n) is 4.41. The molecule has 0 unspecified atom stereocenters. The van der Waals surface area contributed by atoms with Crippen LogP contribution in [-0.2, 0) is 15.0 Å². The fraction of sp³-hybridized carbons (Fsp3) is 0.500. The van der Waals surface area contributed by atoms with E-state index in [1.807, 2.05) is 0 Å². The Morgan fingerprint density at radius 3 is 2.44 bits per heavy atom. The molecule has 0 saturated carbocycles. The Labute approximate surface area is 157 Å². The van der Waals surface area contributed by atoms with Gasteiger partial charge in [0.2, 0.25) is 12.7 Å². The van der Waals surface area contributed by atoms with E-state index in [0.717, 1.165) is 4.31 Å². The van der Waals surface area contributed by atoms with Crippen LogP contribution in [0.3, 0.4) is 0 Å². The summed E-state index contributed by atoms with van der Waals surface area (Å²) in [6.07, 6.45) is 0. The van der Waals surface area contributed by atoms with E-state index in [-0.39, 0.29) is 45.4 Å². The Bertz CT molecular complexity index is 833. The molecule has 1 saturated heterocycles. The summed E-state index contributed by atoms with van der Waals surface area (Å²) in [7, 11) is -0.538. The number of benzene rings is 1. The highest BCUT2D eigenvalue weighted by Crippen LogP contribution is 2.32. The highest BCUT2D eigenvalue weighted by Gasteiger charge is 2.30. The van der Waals surface area contributed by atoms with Crippen molar-refractivity contribution in [1.29, 1.82) is 0 Å². The molecule has 0 aliphatic carbocycles. The Balaban J connectivity index is 1.49. The summed E-state index contributed by atoms with van der Waals surface area (Å²) in [4.78, 5) is 26.1. The predicted molar refractivity (Wildman–Crippen MR) is 95.7 cm³/mol. The van der Waals surface area contributed by atoms with Gasteiger partial charge in [-0.25, -0.2) is 0 Å². The SMILES string of the molecule is CN(C)S(=O)(=O)N1CCN(C(=O)CNC(=O)c2ccc3c(c2)OCO3)CC1. The van der Waals surface area contributed by atoms with Crippen molar-refractivity contribution in [2.24, 2.45) is 0 Å². The molecule has 3 rings (SSSR count). The third kappa shape index (κ3) is 4.15. The van der Waals surface area contributed by atoms with E-state index >= 15 is 0 Å². The number of carbonyl (C=O) groups excluding carboxylic acids is 2. The molecule has 27 heavy (non-hydrogen) atoms. The normalized spacial score (nSPS) is 17.2.